The molecule has 1 N–H and O–H groups in total. The van der Waals surface area contributed by atoms with Gasteiger partial charge < -0.3 is 10.1 Å². The van der Waals surface area contributed by atoms with Crippen molar-refractivity contribution in [2.75, 3.05) is 13.2 Å². The molecule has 0 aliphatic heterocycles. The molecule has 3 heteroatoms. The van der Waals surface area contributed by atoms with Crippen LogP contribution in [0, 0.1) is 13.8 Å². The molecule has 1 atom stereocenters. The van der Waals surface area contributed by atoms with Gasteiger partial charge in [-0.15, -0.1) is 0 Å². The zero-order chi connectivity index (χ0) is 14.3. The van der Waals surface area contributed by atoms with Crippen molar-refractivity contribution in [3.63, 3.8) is 0 Å². The second-order valence-corrected chi connectivity index (χ2v) is 4.94. The van der Waals surface area contributed by atoms with Gasteiger partial charge in [0.2, 0.25) is 0 Å². The summed E-state index contributed by atoms with van der Waals surface area (Å²) in [5, 5.41) is 3.45. The fraction of sp³-hybridized carbons (Fsp3) is 0.562. The molecule has 0 aliphatic carbocycles. The number of hydrogen-bond acceptors (Lipinski definition) is 3. The standard InChI is InChI=1S/C16H25NO2/c1-5-19-16(18)7-6-10-17-14(4)15-9-8-12(2)11-13(15)3/h8-9,11,14,17H,5-7,10H2,1-4H3. The first-order valence-corrected chi connectivity index (χ1v) is 7.00. The van der Waals surface area contributed by atoms with Gasteiger partial charge in [-0.05, 0) is 51.8 Å². The highest BCUT2D eigenvalue weighted by atomic mass is 16.5. The Labute approximate surface area is 116 Å². The van der Waals surface area contributed by atoms with E-state index in [4.69, 9.17) is 4.74 Å². The summed E-state index contributed by atoms with van der Waals surface area (Å²) in [5.41, 5.74) is 3.92. The van der Waals surface area contributed by atoms with Gasteiger partial charge in [-0.2, -0.15) is 0 Å². The van der Waals surface area contributed by atoms with Gasteiger partial charge in [0.15, 0.2) is 0 Å². The normalized spacial score (nSPS) is 12.2. The zero-order valence-electron chi connectivity index (χ0n) is 12.5. The first-order chi connectivity index (χ1) is 9.04. The quantitative estimate of drug-likeness (QED) is 0.606. The topological polar surface area (TPSA) is 38.3 Å². The number of aryl methyl sites for hydroxylation is 2. The van der Waals surface area contributed by atoms with E-state index >= 15 is 0 Å². The Morgan fingerprint density at radius 2 is 2.11 bits per heavy atom. The van der Waals surface area contributed by atoms with Gasteiger partial charge in [0.1, 0.15) is 0 Å². The maximum atomic E-state index is 11.2. The highest BCUT2D eigenvalue weighted by Gasteiger charge is 2.08. The van der Waals surface area contributed by atoms with Crippen LogP contribution in [0.4, 0.5) is 0 Å². The second-order valence-electron chi connectivity index (χ2n) is 4.94. The number of rotatable bonds is 7. The molecule has 0 saturated heterocycles. The summed E-state index contributed by atoms with van der Waals surface area (Å²) in [6.45, 7) is 9.52. The zero-order valence-corrected chi connectivity index (χ0v) is 12.5. The lowest BCUT2D eigenvalue weighted by Gasteiger charge is -2.17. The molecular weight excluding hydrogens is 238 g/mol. The molecule has 0 spiro atoms. The van der Waals surface area contributed by atoms with Crippen LogP contribution in [0.25, 0.3) is 0 Å². The summed E-state index contributed by atoms with van der Waals surface area (Å²) in [5.74, 6) is -0.108. The number of hydrogen-bond donors (Lipinski definition) is 1. The third-order valence-electron chi connectivity index (χ3n) is 3.21. The predicted molar refractivity (Wildman–Crippen MR) is 78.2 cm³/mol. The number of carbonyl (C=O) groups excluding carboxylic acids is 1. The first-order valence-electron chi connectivity index (χ1n) is 7.00. The molecule has 0 aromatic heterocycles. The van der Waals surface area contributed by atoms with E-state index in [1.54, 1.807) is 0 Å². The average molecular weight is 263 g/mol. The fourth-order valence-corrected chi connectivity index (χ4v) is 2.21. The number of benzene rings is 1. The highest BCUT2D eigenvalue weighted by Crippen LogP contribution is 2.18. The van der Waals surface area contributed by atoms with Crippen LogP contribution in [0.1, 0.15) is 49.4 Å². The van der Waals surface area contributed by atoms with E-state index in [0.717, 1.165) is 13.0 Å². The van der Waals surface area contributed by atoms with Crippen LogP contribution in [-0.4, -0.2) is 19.1 Å². The monoisotopic (exact) mass is 263 g/mol. The van der Waals surface area contributed by atoms with Crippen LogP contribution in [0.2, 0.25) is 0 Å². The van der Waals surface area contributed by atoms with Gasteiger partial charge in [0, 0.05) is 12.5 Å². The summed E-state index contributed by atoms with van der Waals surface area (Å²) >= 11 is 0. The number of ether oxygens (including phenoxy) is 1. The van der Waals surface area contributed by atoms with Crippen molar-refractivity contribution in [3.05, 3.63) is 34.9 Å². The fourth-order valence-electron chi connectivity index (χ4n) is 2.21. The van der Waals surface area contributed by atoms with E-state index in [0.29, 0.717) is 19.1 Å². The molecule has 0 amide bonds. The van der Waals surface area contributed by atoms with E-state index in [1.807, 2.05) is 6.92 Å². The van der Waals surface area contributed by atoms with Crippen LogP contribution >= 0.6 is 0 Å². The van der Waals surface area contributed by atoms with Crippen LogP contribution < -0.4 is 5.32 Å². The van der Waals surface area contributed by atoms with Crippen molar-refractivity contribution in [3.8, 4) is 0 Å². The summed E-state index contributed by atoms with van der Waals surface area (Å²) in [6, 6.07) is 6.82. The molecule has 1 rings (SSSR count). The highest BCUT2D eigenvalue weighted by molar-refractivity contribution is 5.69. The Balaban J connectivity index is 2.35. The molecule has 1 aromatic carbocycles. The molecule has 0 fully saturated rings. The Morgan fingerprint density at radius 1 is 1.37 bits per heavy atom. The Hall–Kier alpha value is -1.35. The molecule has 0 bridgehead atoms. The number of carbonyl (C=O) groups is 1. The minimum Gasteiger partial charge on any atom is -0.466 e. The molecule has 1 aromatic rings. The Bertz CT molecular complexity index is 415. The summed E-state index contributed by atoms with van der Waals surface area (Å²) in [7, 11) is 0. The van der Waals surface area contributed by atoms with Crippen molar-refractivity contribution < 1.29 is 9.53 Å². The smallest absolute Gasteiger partial charge is 0.305 e. The molecule has 19 heavy (non-hydrogen) atoms. The van der Waals surface area contributed by atoms with E-state index in [9.17, 15) is 4.79 Å². The van der Waals surface area contributed by atoms with Gasteiger partial charge in [-0.25, -0.2) is 0 Å². The predicted octanol–water partition coefficient (Wildman–Crippen LogP) is 3.30. The van der Waals surface area contributed by atoms with Crippen molar-refractivity contribution >= 4 is 5.97 Å². The first kappa shape index (κ1) is 15.7. The third kappa shape index (κ3) is 5.43. The summed E-state index contributed by atoms with van der Waals surface area (Å²) < 4.78 is 4.90. The van der Waals surface area contributed by atoms with E-state index in [2.05, 4.69) is 44.3 Å². The molecule has 3 nitrogen and oxygen atoms in total. The van der Waals surface area contributed by atoms with Crippen LogP contribution in [0.15, 0.2) is 18.2 Å². The molecule has 0 aliphatic rings. The summed E-state index contributed by atoms with van der Waals surface area (Å²) in [6.07, 6.45) is 1.30. The third-order valence-corrected chi connectivity index (χ3v) is 3.21. The van der Waals surface area contributed by atoms with Crippen molar-refractivity contribution in [1.29, 1.82) is 0 Å². The number of esters is 1. The maximum Gasteiger partial charge on any atom is 0.305 e. The number of nitrogens with one attached hydrogen (secondary N) is 1. The van der Waals surface area contributed by atoms with E-state index in [-0.39, 0.29) is 5.97 Å². The molecule has 0 heterocycles. The molecule has 1 unspecified atom stereocenters. The maximum absolute atomic E-state index is 11.2. The van der Waals surface area contributed by atoms with Gasteiger partial charge in [-0.3, -0.25) is 4.79 Å². The van der Waals surface area contributed by atoms with Gasteiger partial charge >= 0.3 is 5.97 Å². The Morgan fingerprint density at radius 3 is 2.74 bits per heavy atom. The van der Waals surface area contributed by atoms with Gasteiger partial charge in [0.05, 0.1) is 6.61 Å². The molecule has 0 saturated carbocycles. The lowest BCUT2D eigenvalue weighted by molar-refractivity contribution is -0.143. The van der Waals surface area contributed by atoms with Gasteiger partial charge in [-0.1, -0.05) is 23.8 Å². The van der Waals surface area contributed by atoms with Gasteiger partial charge in [0.25, 0.3) is 0 Å². The lowest BCUT2D eigenvalue weighted by atomic mass is 10.0. The van der Waals surface area contributed by atoms with Crippen LogP contribution in [-0.2, 0) is 9.53 Å². The SMILES string of the molecule is CCOC(=O)CCCNC(C)c1ccc(C)cc1C. The average Bonchev–Trinajstić information content (AvgIpc) is 2.34. The van der Waals surface area contributed by atoms with E-state index in [1.165, 1.54) is 16.7 Å². The largest absolute Gasteiger partial charge is 0.466 e. The molecule has 0 radical (unpaired) electrons. The second kappa shape index (κ2) is 7.95. The van der Waals surface area contributed by atoms with Crippen molar-refractivity contribution in [2.24, 2.45) is 0 Å². The Kier molecular flexibility index (Phi) is 6.57. The minimum atomic E-state index is -0.108. The molecular formula is C16H25NO2. The van der Waals surface area contributed by atoms with E-state index < -0.39 is 0 Å². The van der Waals surface area contributed by atoms with Crippen molar-refractivity contribution in [2.45, 2.75) is 46.6 Å². The minimum absolute atomic E-state index is 0.108. The summed E-state index contributed by atoms with van der Waals surface area (Å²) in [4.78, 5) is 11.2. The van der Waals surface area contributed by atoms with Crippen molar-refractivity contribution in [1.82, 2.24) is 5.32 Å². The van der Waals surface area contributed by atoms with Crippen LogP contribution in [0.5, 0.6) is 0 Å². The lowest BCUT2D eigenvalue weighted by Crippen LogP contribution is -2.21. The van der Waals surface area contributed by atoms with Crippen LogP contribution in [0.3, 0.4) is 0 Å². The molecule has 106 valence electrons.